The highest BCUT2D eigenvalue weighted by Crippen LogP contribution is 2.09. The van der Waals surface area contributed by atoms with Gasteiger partial charge in [0.1, 0.15) is 6.04 Å². The lowest BCUT2D eigenvalue weighted by atomic mass is 10.2. The Bertz CT molecular complexity index is 172. The molecule has 70 valence electrons. The number of nitrogens with one attached hydrogen (secondary N) is 1. The quantitative estimate of drug-likeness (QED) is 0.544. The van der Waals surface area contributed by atoms with Crippen molar-refractivity contribution in [2.45, 2.75) is 25.4 Å². The number of rotatable bonds is 1. The van der Waals surface area contributed by atoms with E-state index in [9.17, 15) is 4.79 Å². The molecule has 2 N–H and O–H groups in total. The first-order chi connectivity index (χ1) is 5.66. The third-order valence-corrected chi connectivity index (χ3v) is 2.52. The topological polar surface area (TPSA) is 52.6 Å². The van der Waals surface area contributed by atoms with E-state index >= 15 is 0 Å². The highest BCUT2D eigenvalue weighted by molar-refractivity contribution is 5.82. The highest BCUT2D eigenvalue weighted by atomic mass is 16.3. The molecule has 0 aromatic heterocycles. The van der Waals surface area contributed by atoms with Crippen molar-refractivity contribution in [2.75, 3.05) is 20.2 Å². The van der Waals surface area contributed by atoms with E-state index in [1.54, 1.807) is 0 Å². The van der Waals surface area contributed by atoms with Crippen molar-refractivity contribution in [3.63, 3.8) is 0 Å². The summed E-state index contributed by atoms with van der Waals surface area (Å²) in [4.78, 5) is 13.2. The molecule has 0 aliphatic carbocycles. The monoisotopic (exact) mass is 172 g/mol. The average Bonchev–Trinajstić information content (AvgIpc) is 2.14. The molecule has 1 aliphatic heterocycles. The van der Waals surface area contributed by atoms with Gasteiger partial charge in [0.15, 0.2) is 0 Å². The van der Waals surface area contributed by atoms with Gasteiger partial charge in [0.25, 0.3) is 0 Å². The first-order valence-corrected chi connectivity index (χ1v) is 4.27. The molecular weight excluding hydrogens is 156 g/mol. The summed E-state index contributed by atoms with van der Waals surface area (Å²) in [5.41, 5.74) is 0. The molecule has 12 heavy (non-hydrogen) atoms. The Labute approximate surface area is 72.6 Å². The van der Waals surface area contributed by atoms with E-state index < -0.39 is 0 Å². The number of likely N-dealkylation sites (N-methyl/N-ethyl adjacent to an activating group) is 1. The van der Waals surface area contributed by atoms with E-state index in [2.05, 4.69) is 12.2 Å². The van der Waals surface area contributed by atoms with E-state index in [0.717, 1.165) is 6.42 Å². The van der Waals surface area contributed by atoms with Crippen molar-refractivity contribution in [3.8, 4) is 0 Å². The number of hydrogen-bond acceptors (Lipinski definition) is 3. The summed E-state index contributed by atoms with van der Waals surface area (Å²) in [6, 6.07) is -0.0244. The molecule has 4 heteroatoms. The van der Waals surface area contributed by atoms with Crippen LogP contribution in [0, 0.1) is 0 Å². The standard InChI is InChI=1S/C8H16N2O2/c1-6-3-4-9-8(12)7(5-11)10(6)2/h6-7,11H,3-5H2,1-2H3,(H,9,12). The number of aliphatic hydroxyl groups is 1. The Morgan fingerprint density at radius 3 is 3.00 bits per heavy atom. The summed E-state index contributed by atoms with van der Waals surface area (Å²) in [6.45, 7) is 2.66. The van der Waals surface area contributed by atoms with Crippen molar-refractivity contribution in [1.29, 1.82) is 0 Å². The van der Waals surface area contributed by atoms with E-state index in [-0.39, 0.29) is 18.6 Å². The van der Waals surface area contributed by atoms with Gasteiger partial charge in [-0.3, -0.25) is 9.69 Å². The van der Waals surface area contributed by atoms with Gasteiger partial charge in [-0.1, -0.05) is 0 Å². The number of carbonyl (C=O) groups excluding carboxylic acids is 1. The zero-order valence-corrected chi connectivity index (χ0v) is 7.58. The van der Waals surface area contributed by atoms with Crippen LogP contribution in [0.5, 0.6) is 0 Å². The Hall–Kier alpha value is -0.610. The van der Waals surface area contributed by atoms with Gasteiger partial charge in [-0.25, -0.2) is 0 Å². The first kappa shape index (κ1) is 9.48. The smallest absolute Gasteiger partial charge is 0.239 e. The minimum atomic E-state index is -0.373. The van der Waals surface area contributed by atoms with Crippen LogP contribution in [-0.4, -0.2) is 48.2 Å². The van der Waals surface area contributed by atoms with Crippen LogP contribution in [0.25, 0.3) is 0 Å². The Kier molecular flexibility index (Phi) is 3.05. The zero-order valence-electron chi connectivity index (χ0n) is 7.58. The maximum Gasteiger partial charge on any atom is 0.239 e. The Morgan fingerprint density at radius 2 is 2.42 bits per heavy atom. The van der Waals surface area contributed by atoms with E-state index in [0.29, 0.717) is 12.6 Å². The molecule has 0 bridgehead atoms. The van der Waals surface area contributed by atoms with E-state index in [1.165, 1.54) is 0 Å². The fourth-order valence-electron chi connectivity index (χ4n) is 1.43. The molecular formula is C8H16N2O2. The summed E-state index contributed by atoms with van der Waals surface area (Å²) in [5.74, 6) is -0.0654. The molecule has 1 fully saturated rings. The second-order valence-corrected chi connectivity index (χ2v) is 3.29. The van der Waals surface area contributed by atoms with E-state index in [1.807, 2.05) is 11.9 Å². The molecule has 1 rings (SSSR count). The molecule has 0 spiro atoms. The number of nitrogens with zero attached hydrogens (tertiary/aromatic N) is 1. The minimum Gasteiger partial charge on any atom is -0.394 e. The molecule has 2 atom stereocenters. The molecule has 4 nitrogen and oxygen atoms in total. The molecule has 1 aliphatic rings. The second-order valence-electron chi connectivity index (χ2n) is 3.29. The second kappa shape index (κ2) is 3.87. The van der Waals surface area contributed by atoms with Crippen LogP contribution >= 0.6 is 0 Å². The molecule has 0 aromatic rings. The summed E-state index contributed by atoms with van der Waals surface area (Å²) < 4.78 is 0. The van der Waals surface area contributed by atoms with Crippen LogP contribution < -0.4 is 5.32 Å². The maximum absolute atomic E-state index is 11.3. The van der Waals surface area contributed by atoms with Crippen molar-refractivity contribution in [2.24, 2.45) is 0 Å². The van der Waals surface area contributed by atoms with Gasteiger partial charge in [-0.15, -0.1) is 0 Å². The first-order valence-electron chi connectivity index (χ1n) is 4.27. The minimum absolute atomic E-state index is 0.0654. The normalized spacial score (nSPS) is 32.8. The van der Waals surface area contributed by atoms with Crippen LogP contribution in [0.1, 0.15) is 13.3 Å². The lowest BCUT2D eigenvalue weighted by Gasteiger charge is -2.27. The van der Waals surface area contributed by atoms with Crippen LogP contribution in [0.4, 0.5) is 0 Å². The van der Waals surface area contributed by atoms with Gasteiger partial charge in [-0.2, -0.15) is 0 Å². The predicted octanol–water partition coefficient (Wildman–Crippen LogP) is -0.812. The van der Waals surface area contributed by atoms with Crippen molar-refractivity contribution < 1.29 is 9.90 Å². The molecule has 0 aromatic carbocycles. The van der Waals surface area contributed by atoms with Crippen molar-refractivity contribution in [3.05, 3.63) is 0 Å². The number of hydrogen-bond donors (Lipinski definition) is 2. The molecule has 0 radical (unpaired) electrons. The Balaban J connectivity index is 2.69. The molecule has 1 saturated heterocycles. The van der Waals surface area contributed by atoms with Crippen molar-refractivity contribution in [1.82, 2.24) is 10.2 Å². The largest absolute Gasteiger partial charge is 0.394 e. The third-order valence-electron chi connectivity index (χ3n) is 2.52. The number of aliphatic hydroxyl groups excluding tert-OH is 1. The molecule has 1 amide bonds. The fourth-order valence-corrected chi connectivity index (χ4v) is 1.43. The molecule has 2 unspecified atom stereocenters. The van der Waals surface area contributed by atoms with Gasteiger partial charge in [-0.05, 0) is 20.4 Å². The van der Waals surface area contributed by atoms with Gasteiger partial charge in [0.2, 0.25) is 5.91 Å². The zero-order chi connectivity index (χ0) is 9.14. The number of amides is 1. The predicted molar refractivity (Wildman–Crippen MR) is 45.7 cm³/mol. The van der Waals surface area contributed by atoms with Gasteiger partial charge in [0.05, 0.1) is 6.61 Å². The Morgan fingerprint density at radius 1 is 1.75 bits per heavy atom. The van der Waals surface area contributed by atoms with E-state index in [4.69, 9.17) is 5.11 Å². The number of carbonyl (C=O) groups is 1. The molecule has 1 heterocycles. The fraction of sp³-hybridized carbons (Fsp3) is 0.875. The van der Waals surface area contributed by atoms with Gasteiger partial charge >= 0.3 is 0 Å². The third kappa shape index (κ3) is 1.76. The average molecular weight is 172 g/mol. The van der Waals surface area contributed by atoms with Crippen LogP contribution in [0.3, 0.4) is 0 Å². The van der Waals surface area contributed by atoms with Crippen LogP contribution in [0.2, 0.25) is 0 Å². The van der Waals surface area contributed by atoms with Crippen LogP contribution in [-0.2, 0) is 4.79 Å². The van der Waals surface area contributed by atoms with Gasteiger partial charge in [0, 0.05) is 12.6 Å². The maximum atomic E-state index is 11.3. The summed E-state index contributed by atoms with van der Waals surface area (Å²) in [7, 11) is 1.87. The van der Waals surface area contributed by atoms with Crippen LogP contribution in [0.15, 0.2) is 0 Å². The lowest BCUT2D eigenvalue weighted by Crippen LogP contribution is -2.46. The summed E-state index contributed by atoms with van der Waals surface area (Å²) in [5, 5.41) is 11.7. The summed E-state index contributed by atoms with van der Waals surface area (Å²) in [6.07, 6.45) is 0.943. The summed E-state index contributed by atoms with van der Waals surface area (Å²) >= 11 is 0. The van der Waals surface area contributed by atoms with Gasteiger partial charge < -0.3 is 10.4 Å². The molecule has 0 saturated carbocycles. The van der Waals surface area contributed by atoms with Crippen molar-refractivity contribution >= 4 is 5.91 Å². The lowest BCUT2D eigenvalue weighted by molar-refractivity contribution is -0.126. The highest BCUT2D eigenvalue weighted by Gasteiger charge is 2.28. The SMILES string of the molecule is CC1CCNC(=O)C(CO)N1C.